The lowest BCUT2D eigenvalue weighted by atomic mass is 10.00. The normalized spacial score (nSPS) is 16.6. The Morgan fingerprint density at radius 3 is 2.37 bits per heavy atom. The van der Waals surface area contributed by atoms with Gasteiger partial charge in [-0.3, -0.25) is 4.79 Å². The Morgan fingerprint density at radius 1 is 1.05 bits per heavy atom. The van der Waals surface area contributed by atoms with Gasteiger partial charge < -0.3 is 24.2 Å². The van der Waals surface area contributed by atoms with Crippen molar-refractivity contribution in [3.05, 3.63) is 70.4 Å². The van der Waals surface area contributed by atoms with Crippen LogP contribution < -0.4 is 4.72 Å². The van der Waals surface area contributed by atoms with Crippen LogP contribution in [0.5, 0.6) is 0 Å². The van der Waals surface area contributed by atoms with Gasteiger partial charge in [-0.15, -0.1) is 0 Å². The summed E-state index contributed by atoms with van der Waals surface area (Å²) >= 11 is 4.47. The number of aromatic nitrogens is 2. The Balaban J connectivity index is 1.48. The summed E-state index contributed by atoms with van der Waals surface area (Å²) in [6.07, 6.45) is -1.49. The number of carbonyl (C=O) groups is 2. The van der Waals surface area contributed by atoms with Gasteiger partial charge in [0, 0.05) is 42.9 Å². The molecule has 41 heavy (non-hydrogen) atoms. The van der Waals surface area contributed by atoms with Gasteiger partial charge in [-0.2, -0.15) is 9.71 Å². The Kier molecular flexibility index (Phi) is 9.43. The Morgan fingerprint density at radius 2 is 1.68 bits per heavy atom. The molecular weight excluding hydrogens is 566 g/mol. The number of halogens is 1. The van der Waals surface area contributed by atoms with Crippen molar-refractivity contribution in [3.63, 3.8) is 0 Å². The second-order valence-corrected chi connectivity index (χ2v) is 12.5. The second kappa shape index (κ2) is 12.6. The van der Waals surface area contributed by atoms with E-state index in [2.05, 4.69) is 14.7 Å². The van der Waals surface area contributed by atoms with Crippen molar-refractivity contribution in [1.29, 1.82) is 0 Å². The molecule has 0 bridgehead atoms. The third kappa shape index (κ3) is 7.88. The number of hydrogen-bond donors (Lipinski definition) is 2. The number of ether oxygens (including phenoxy) is 1. The van der Waals surface area contributed by atoms with Crippen molar-refractivity contribution >= 4 is 40.9 Å². The molecule has 2 amide bonds. The van der Waals surface area contributed by atoms with Gasteiger partial charge in [-0.1, -0.05) is 35.9 Å². The van der Waals surface area contributed by atoms with Crippen molar-refractivity contribution in [3.8, 4) is 11.3 Å². The molecule has 1 aliphatic heterocycles. The summed E-state index contributed by atoms with van der Waals surface area (Å²) in [6.45, 7) is 9.76. The number of aliphatic hydroxyl groups excluding tert-OH is 1. The zero-order valence-corrected chi connectivity index (χ0v) is 25.3. The van der Waals surface area contributed by atoms with Crippen LogP contribution in [0.4, 0.5) is 10.7 Å². The number of anilines is 1. The minimum atomic E-state index is -1.81. The summed E-state index contributed by atoms with van der Waals surface area (Å²) in [4.78, 5) is 37.8. The highest BCUT2D eigenvalue weighted by atomic mass is 35.5. The summed E-state index contributed by atoms with van der Waals surface area (Å²) in [7, 11) is 0. The third-order valence-corrected chi connectivity index (χ3v) is 7.60. The first-order valence-electron chi connectivity index (χ1n) is 13.2. The highest BCUT2D eigenvalue weighted by Crippen LogP contribution is 2.28. The fourth-order valence-electron chi connectivity index (χ4n) is 4.55. The minimum absolute atomic E-state index is 0.0428. The standard InChI is InChI=1S/C29H34ClN5O5S/c1-18-8-6-9-19(2)25(18)23-15-24(30)32-27(31-23)33-41(39)22-11-7-10-20(14-22)26(37)34-12-13-35(17-21(36)16-34)28(38)40-29(3,4)5/h6-11,14-15,21,36H,12-13,16-17H2,1-5H3,(H,31,32,33). The van der Waals surface area contributed by atoms with E-state index in [1.54, 1.807) is 45.0 Å². The van der Waals surface area contributed by atoms with Gasteiger partial charge in [0.25, 0.3) is 11.9 Å². The van der Waals surface area contributed by atoms with E-state index in [1.165, 1.54) is 15.9 Å². The summed E-state index contributed by atoms with van der Waals surface area (Å²) in [5.74, 6) is -0.270. The number of carbonyl (C=O) groups excluding carboxylic acids is 2. The number of β-amino-alcohol motifs (C(OH)–C–C–N with tert-alkyl or cyclic N) is 1. The van der Waals surface area contributed by atoms with E-state index in [1.807, 2.05) is 32.0 Å². The Bertz CT molecular complexity index is 1410. The monoisotopic (exact) mass is 599 g/mol. The number of benzene rings is 2. The van der Waals surface area contributed by atoms with E-state index in [9.17, 15) is 19.2 Å². The number of rotatable bonds is 5. The van der Waals surface area contributed by atoms with Crippen molar-refractivity contribution in [2.24, 2.45) is 0 Å². The lowest BCUT2D eigenvalue weighted by Crippen LogP contribution is -2.41. The number of nitrogens with zero attached hydrogens (tertiary/aromatic N) is 4. The van der Waals surface area contributed by atoms with Gasteiger partial charge in [0.1, 0.15) is 22.1 Å². The largest absolute Gasteiger partial charge is 0.588 e. The Labute approximate surface area is 248 Å². The summed E-state index contributed by atoms with van der Waals surface area (Å²) < 4.78 is 21.5. The maximum atomic E-state index is 13.4. The van der Waals surface area contributed by atoms with Crippen molar-refractivity contribution in [2.45, 2.75) is 51.2 Å². The van der Waals surface area contributed by atoms with E-state index >= 15 is 0 Å². The highest BCUT2D eigenvalue weighted by Gasteiger charge is 2.30. The molecular formula is C29H34ClN5O5S. The SMILES string of the molecule is Cc1cccc(C)c1-c1cc(Cl)nc(N[S+]([O-])c2cccc(C(=O)N3CCN(C(=O)OC(C)(C)C)CC(O)C3)c2)n1. The van der Waals surface area contributed by atoms with Crippen molar-refractivity contribution in [1.82, 2.24) is 19.8 Å². The average molecular weight is 600 g/mol. The van der Waals surface area contributed by atoms with Crippen LogP contribution in [-0.2, 0) is 16.1 Å². The number of hydrogen-bond acceptors (Lipinski definition) is 8. The van der Waals surface area contributed by atoms with Crippen molar-refractivity contribution < 1.29 is 24.0 Å². The van der Waals surface area contributed by atoms with E-state index in [0.29, 0.717) is 16.2 Å². The van der Waals surface area contributed by atoms with E-state index in [-0.39, 0.29) is 43.2 Å². The highest BCUT2D eigenvalue weighted by molar-refractivity contribution is 7.92. The van der Waals surface area contributed by atoms with Crippen LogP contribution in [-0.4, -0.2) is 79.3 Å². The zero-order chi connectivity index (χ0) is 29.9. The molecule has 1 aliphatic rings. The molecule has 2 aromatic carbocycles. The van der Waals surface area contributed by atoms with Crippen molar-refractivity contribution in [2.75, 3.05) is 30.9 Å². The minimum Gasteiger partial charge on any atom is -0.588 e. The maximum absolute atomic E-state index is 13.4. The van der Waals surface area contributed by atoms with Gasteiger partial charge in [-0.25, -0.2) is 9.78 Å². The second-order valence-electron chi connectivity index (χ2n) is 10.9. The average Bonchev–Trinajstić information content (AvgIpc) is 3.08. The van der Waals surface area contributed by atoms with Crippen LogP contribution in [0.25, 0.3) is 11.3 Å². The molecule has 2 unspecified atom stereocenters. The first kappa shape index (κ1) is 30.6. The quantitative estimate of drug-likeness (QED) is 0.321. The molecule has 2 N–H and O–H groups in total. The van der Waals surface area contributed by atoms with Crippen LogP contribution in [0.2, 0.25) is 5.15 Å². The predicted molar refractivity (Wildman–Crippen MR) is 158 cm³/mol. The van der Waals surface area contributed by atoms with Gasteiger partial charge in [0.2, 0.25) is 0 Å². The van der Waals surface area contributed by atoms with Gasteiger partial charge in [0.05, 0.1) is 18.3 Å². The van der Waals surface area contributed by atoms with E-state index in [4.69, 9.17) is 16.3 Å². The molecule has 218 valence electrons. The molecule has 0 aliphatic carbocycles. The van der Waals surface area contributed by atoms with Crippen LogP contribution >= 0.6 is 11.6 Å². The number of aryl methyl sites for hydroxylation is 2. The summed E-state index contributed by atoms with van der Waals surface area (Å²) in [6, 6.07) is 14.0. The molecule has 10 nitrogen and oxygen atoms in total. The van der Waals surface area contributed by atoms with E-state index in [0.717, 1.165) is 16.7 Å². The summed E-state index contributed by atoms with van der Waals surface area (Å²) in [5.41, 5.74) is 3.17. The molecule has 2 atom stereocenters. The molecule has 3 aromatic rings. The lowest BCUT2D eigenvalue weighted by molar-refractivity contribution is 0.0186. The topological polar surface area (TPSA) is 131 Å². The Hall–Kier alpha value is -3.38. The predicted octanol–water partition coefficient (Wildman–Crippen LogP) is 4.60. The molecule has 12 heteroatoms. The molecule has 1 saturated heterocycles. The molecule has 0 saturated carbocycles. The molecule has 0 radical (unpaired) electrons. The van der Waals surface area contributed by atoms with Crippen LogP contribution in [0, 0.1) is 13.8 Å². The fraction of sp³-hybridized carbons (Fsp3) is 0.379. The molecule has 1 aromatic heterocycles. The smallest absolute Gasteiger partial charge is 0.410 e. The first-order chi connectivity index (χ1) is 19.3. The van der Waals surface area contributed by atoms with Crippen LogP contribution in [0.15, 0.2) is 53.4 Å². The maximum Gasteiger partial charge on any atom is 0.410 e. The fourth-order valence-corrected chi connectivity index (χ4v) is 5.54. The third-order valence-electron chi connectivity index (χ3n) is 6.35. The molecule has 0 spiro atoms. The van der Waals surface area contributed by atoms with Gasteiger partial charge >= 0.3 is 6.09 Å². The van der Waals surface area contributed by atoms with E-state index < -0.39 is 29.2 Å². The van der Waals surface area contributed by atoms with Gasteiger partial charge in [-0.05, 0) is 57.9 Å². The lowest BCUT2D eigenvalue weighted by Gasteiger charge is -2.26. The van der Waals surface area contributed by atoms with Crippen LogP contribution in [0.3, 0.4) is 0 Å². The number of aliphatic hydroxyl groups is 1. The van der Waals surface area contributed by atoms with Crippen LogP contribution in [0.1, 0.15) is 42.3 Å². The van der Waals surface area contributed by atoms with Gasteiger partial charge in [0.15, 0.2) is 4.90 Å². The molecule has 2 heterocycles. The molecule has 1 fully saturated rings. The first-order valence-corrected chi connectivity index (χ1v) is 14.7. The summed E-state index contributed by atoms with van der Waals surface area (Å²) in [5, 5.41) is 10.7. The molecule has 4 rings (SSSR count). The zero-order valence-electron chi connectivity index (χ0n) is 23.7. The number of nitrogens with one attached hydrogen (secondary N) is 1. The number of amides is 2.